The fourth-order valence-electron chi connectivity index (χ4n) is 3.06. The molecule has 0 fully saturated rings. The van der Waals surface area contributed by atoms with Crippen molar-refractivity contribution in [1.82, 2.24) is 0 Å². The second-order valence-corrected chi connectivity index (χ2v) is 24.4. The van der Waals surface area contributed by atoms with Crippen molar-refractivity contribution < 1.29 is 12.3 Å². The van der Waals surface area contributed by atoms with Crippen LogP contribution in [0.4, 0.5) is 0 Å². The normalized spacial score (nSPS) is 13.9. The molecule has 0 spiro atoms. The first-order chi connectivity index (χ1) is 10.7. The van der Waals surface area contributed by atoms with Gasteiger partial charge in [-0.15, -0.1) is 0 Å². The third-order valence-electron chi connectivity index (χ3n) is 3.39. The Morgan fingerprint density at radius 3 is 1.58 bits per heavy atom. The lowest BCUT2D eigenvalue weighted by Crippen LogP contribution is -2.58. The summed E-state index contributed by atoms with van der Waals surface area (Å²) < 4.78 is 19.5. The van der Waals surface area contributed by atoms with Gasteiger partial charge in [-0.2, -0.15) is 0 Å². The molecule has 24 heavy (non-hydrogen) atoms. The van der Waals surface area contributed by atoms with Crippen LogP contribution >= 0.6 is 0 Å². The van der Waals surface area contributed by atoms with Crippen LogP contribution in [0, 0.1) is 0 Å². The van der Waals surface area contributed by atoms with Crippen LogP contribution in [0.5, 0.6) is 0 Å². The minimum atomic E-state index is -2.28. The molecule has 136 valence electrons. The van der Waals surface area contributed by atoms with Gasteiger partial charge in [0.15, 0.2) is 8.32 Å². The molecule has 0 aliphatic heterocycles. The van der Waals surface area contributed by atoms with Gasteiger partial charge < -0.3 is 12.3 Å². The molecule has 0 N–H and O–H groups in total. The molecule has 0 atom stereocenters. The molecule has 1 aromatic rings. The summed E-state index contributed by atoms with van der Waals surface area (Å²) in [5, 5.41) is 1.28. The summed E-state index contributed by atoms with van der Waals surface area (Å²) in [5.41, 5.74) is 1.13. The fraction of sp³-hybridized carbons (Fsp3) is 0.529. The second kappa shape index (κ2) is 7.53. The van der Waals surface area contributed by atoms with Crippen LogP contribution in [0.25, 0.3) is 6.08 Å². The van der Waals surface area contributed by atoms with E-state index in [0.29, 0.717) is 0 Å². The SMILES string of the molecule is C=Cc1ccc([Si](C)(C)O[Si](C)(C)O[Si](C)(C)O[Si](C)(C)C)cc1. The van der Waals surface area contributed by atoms with Crippen molar-refractivity contribution in [2.75, 3.05) is 0 Å². The van der Waals surface area contributed by atoms with Gasteiger partial charge in [0.25, 0.3) is 0 Å². The standard InChI is InChI=1S/C17H34O3Si4/c1-11-16-12-14-17(15-13-16)22(5,6)19-24(9,10)20-23(7,8)18-21(2,3)4/h11-15H,1H2,2-10H3. The Labute approximate surface area is 152 Å². The van der Waals surface area contributed by atoms with Gasteiger partial charge in [0, 0.05) is 0 Å². The molecule has 0 aliphatic carbocycles. The van der Waals surface area contributed by atoms with Gasteiger partial charge in [0.2, 0.25) is 8.32 Å². The van der Waals surface area contributed by atoms with Crippen molar-refractivity contribution in [3.05, 3.63) is 36.4 Å². The summed E-state index contributed by atoms with van der Waals surface area (Å²) in [4.78, 5) is 0. The Bertz CT molecular complexity index is 560. The zero-order chi connectivity index (χ0) is 18.8. The Morgan fingerprint density at radius 1 is 0.708 bits per heavy atom. The average molecular weight is 399 g/mol. The second-order valence-electron chi connectivity index (χ2n) is 8.55. The van der Waals surface area contributed by atoms with Crippen molar-refractivity contribution >= 4 is 45.0 Å². The van der Waals surface area contributed by atoms with E-state index in [4.69, 9.17) is 12.3 Å². The molecule has 0 radical (unpaired) electrons. The van der Waals surface area contributed by atoms with Gasteiger partial charge >= 0.3 is 17.1 Å². The predicted molar refractivity (Wildman–Crippen MR) is 115 cm³/mol. The van der Waals surface area contributed by atoms with Crippen molar-refractivity contribution in [2.45, 2.75) is 58.9 Å². The Balaban J connectivity index is 2.88. The number of hydrogen-bond donors (Lipinski definition) is 0. The molecule has 0 saturated carbocycles. The highest BCUT2D eigenvalue weighted by Gasteiger charge is 2.42. The van der Waals surface area contributed by atoms with E-state index in [2.05, 4.69) is 89.8 Å². The molecule has 0 amide bonds. The Morgan fingerprint density at radius 2 is 1.17 bits per heavy atom. The third-order valence-corrected chi connectivity index (χ3v) is 17.5. The van der Waals surface area contributed by atoms with E-state index in [1.165, 1.54) is 5.19 Å². The summed E-state index contributed by atoms with van der Waals surface area (Å²) in [6.45, 7) is 23.5. The molecular weight excluding hydrogens is 365 g/mol. The largest absolute Gasteiger partial charge is 0.437 e. The summed E-state index contributed by atoms with van der Waals surface area (Å²) in [5.74, 6) is 0. The molecule has 0 saturated heterocycles. The van der Waals surface area contributed by atoms with Crippen LogP contribution in [0.3, 0.4) is 0 Å². The monoisotopic (exact) mass is 398 g/mol. The molecule has 0 heterocycles. The maximum absolute atomic E-state index is 6.64. The molecular formula is C17H34O3Si4. The summed E-state index contributed by atoms with van der Waals surface area (Å²) in [6, 6.07) is 8.52. The lowest BCUT2D eigenvalue weighted by atomic mass is 10.2. The van der Waals surface area contributed by atoms with Gasteiger partial charge in [0.1, 0.15) is 0 Å². The minimum Gasteiger partial charge on any atom is -0.437 e. The van der Waals surface area contributed by atoms with E-state index in [9.17, 15) is 0 Å². The molecule has 7 heteroatoms. The van der Waals surface area contributed by atoms with E-state index in [1.807, 2.05) is 6.08 Å². The topological polar surface area (TPSA) is 27.7 Å². The van der Waals surface area contributed by atoms with Crippen LogP contribution in [0.1, 0.15) is 5.56 Å². The molecule has 0 aliphatic rings. The van der Waals surface area contributed by atoms with Gasteiger partial charge in [-0.05, 0) is 69.7 Å². The number of benzene rings is 1. The molecule has 1 rings (SSSR count). The van der Waals surface area contributed by atoms with Crippen LogP contribution < -0.4 is 5.19 Å². The smallest absolute Gasteiger partial charge is 0.312 e. The van der Waals surface area contributed by atoms with Gasteiger partial charge in [0.05, 0.1) is 0 Å². The summed E-state index contributed by atoms with van der Waals surface area (Å²) >= 11 is 0. The molecule has 1 aromatic carbocycles. The van der Waals surface area contributed by atoms with Crippen molar-refractivity contribution in [3.8, 4) is 0 Å². The molecule has 0 aromatic heterocycles. The highest BCUT2D eigenvalue weighted by molar-refractivity contribution is 6.93. The van der Waals surface area contributed by atoms with Gasteiger partial charge in [-0.1, -0.05) is 36.9 Å². The first-order valence-corrected chi connectivity index (χ1v) is 20.4. The maximum atomic E-state index is 6.64. The van der Waals surface area contributed by atoms with Gasteiger partial charge in [-0.25, -0.2) is 0 Å². The first-order valence-electron chi connectivity index (χ1n) is 8.49. The van der Waals surface area contributed by atoms with E-state index in [1.54, 1.807) is 0 Å². The van der Waals surface area contributed by atoms with Crippen molar-refractivity contribution in [2.24, 2.45) is 0 Å². The Hall–Kier alpha value is -0.292. The van der Waals surface area contributed by atoms with Crippen molar-refractivity contribution in [3.63, 3.8) is 0 Å². The summed E-state index contributed by atoms with van der Waals surface area (Å²) in [7, 11) is -8.11. The first kappa shape index (κ1) is 21.7. The zero-order valence-corrected chi connectivity index (χ0v) is 20.8. The molecule has 3 nitrogen and oxygen atoms in total. The van der Waals surface area contributed by atoms with E-state index in [0.717, 1.165) is 5.56 Å². The number of rotatable bonds is 8. The number of hydrogen-bond acceptors (Lipinski definition) is 3. The highest BCUT2D eigenvalue weighted by Crippen LogP contribution is 2.23. The fourth-order valence-corrected chi connectivity index (χ4v) is 21.1. The third kappa shape index (κ3) is 7.30. The van der Waals surface area contributed by atoms with Crippen LogP contribution in [0.2, 0.25) is 58.9 Å². The van der Waals surface area contributed by atoms with Crippen LogP contribution in [0.15, 0.2) is 30.8 Å². The minimum absolute atomic E-state index is 1.13. The zero-order valence-electron chi connectivity index (χ0n) is 16.8. The van der Waals surface area contributed by atoms with E-state index in [-0.39, 0.29) is 0 Å². The average Bonchev–Trinajstić information content (AvgIpc) is 2.32. The van der Waals surface area contributed by atoms with E-state index < -0.39 is 33.8 Å². The van der Waals surface area contributed by atoms with E-state index >= 15 is 0 Å². The predicted octanol–water partition coefficient (Wildman–Crippen LogP) is 5.03. The molecule has 0 unspecified atom stereocenters. The lowest BCUT2D eigenvalue weighted by Gasteiger charge is -2.40. The Kier molecular flexibility index (Phi) is 6.82. The van der Waals surface area contributed by atoms with Crippen LogP contribution in [-0.4, -0.2) is 33.8 Å². The summed E-state index contributed by atoms with van der Waals surface area (Å²) in [6.07, 6.45) is 1.86. The molecule has 0 bridgehead atoms. The quantitative estimate of drug-likeness (QED) is 0.575. The maximum Gasteiger partial charge on any atom is 0.312 e. The van der Waals surface area contributed by atoms with Crippen molar-refractivity contribution in [1.29, 1.82) is 0 Å². The highest BCUT2D eigenvalue weighted by atomic mass is 28.5. The lowest BCUT2D eigenvalue weighted by molar-refractivity contribution is 0.332. The van der Waals surface area contributed by atoms with Gasteiger partial charge in [-0.3, -0.25) is 0 Å². The van der Waals surface area contributed by atoms with Crippen LogP contribution in [-0.2, 0) is 12.3 Å².